The molecule has 8 heteroatoms. The molecule has 2 unspecified atom stereocenters. The van der Waals surface area contributed by atoms with Crippen LogP contribution in [0.1, 0.15) is 55.5 Å². The van der Waals surface area contributed by atoms with Gasteiger partial charge < -0.3 is 25.4 Å². The average Bonchev–Trinajstić information content (AvgIpc) is 3.25. The van der Waals surface area contributed by atoms with E-state index in [0.717, 1.165) is 11.1 Å². The molecule has 2 aliphatic heterocycles. The van der Waals surface area contributed by atoms with Gasteiger partial charge in [0.25, 0.3) is 11.8 Å². The maximum Gasteiger partial charge on any atom is 0.255 e. The predicted octanol–water partition coefficient (Wildman–Crippen LogP) is 2.92. The molecule has 2 amide bonds. The molecular weight excluding hydrogens is 480 g/mol. The lowest BCUT2D eigenvalue weighted by molar-refractivity contribution is 0.0766. The zero-order valence-electron chi connectivity index (χ0n) is 21.2. The third kappa shape index (κ3) is 5.25. The van der Waals surface area contributed by atoms with E-state index < -0.39 is 6.10 Å². The number of hydrogen-bond acceptors (Lipinski definition) is 6. The zero-order chi connectivity index (χ0) is 26.6. The van der Waals surface area contributed by atoms with Gasteiger partial charge >= 0.3 is 0 Å². The van der Waals surface area contributed by atoms with E-state index >= 15 is 0 Å². The number of rotatable bonds is 8. The molecule has 0 spiro atoms. The summed E-state index contributed by atoms with van der Waals surface area (Å²) in [5.41, 5.74) is 5.52. The predicted molar refractivity (Wildman–Crippen MR) is 141 cm³/mol. The van der Waals surface area contributed by atoms with Crippen LogP contribution in [0.3, 0.4) is 0 Å². The minimum Gasteiger partial charge on any atom is -0.493 e. The van der Waals surface area contributed by atoms with Crippen LogP contribution in [0.2, 0.25) is 0 Å². The van der Waals surface area contributed by atoms with Gasteiger partial charge in [0.1, 0.15) is 5.75 Å². The van der Waals surface area contributed by atoms with Gasteiger partial charge in [0.2, 0.25) is 0 Å². The number of benzene rings is 3. The number of carbonyl (C=O) groups is 2. The Kier molecular flexibility index (Phi) is 7.40. The van der Waals surface area contributed by atoms with E-state index in [0.29, 0.717) is 55.1 Å². The molecule has 0 saturated carbocycles. The van der Waals surface area contributed by atoms with Gasteiger partial charge in [-0.05, 0) is 59.9 Å². The van der Waals surface area contributed by atoms with Crippen molar-refractivity contribution in [3.05, 3.63) is 99.6 Å². The van der Waals surface area contributed by atoms with Gasteiger partial charge in [-0.15, -0.1) is 0 Å². The van der Waals surface area contributed by atoms with E-state index in [1.807, 2.05) is 31.2 Å². The highest BCUT2D eigenvalue weighted by molar-refractivity contribution is 6.03. The number of aliphatic hydroxyl groups is 1. The number of nitrogens with zero attached hydrogens (tertiary/aromatic N) is 2. The number of hydrogen-bond donors (Lipinski definition) is 3. The maximum absolute atomic E-state index is 13.2. The van der Waals surface area contributed by atoms with E-state index in [9.17, 15) is 14.7 Å². The van der Waals surface area contributed by atoms with E-state index in [2.05, 4.69) is 28.8 Å². The highest BCUT2D eigenvalue weighted by atomic mass is 16.5. The van der Waals surface area contributed by atoms with Crippen molar-refractivity contribution < 1.29 is 19.4 Å². The fourth-order valence-corrected chi connectivity index (χ4v) is 5.07. The summed E-state index contributed by atoms with van der Waals surface area (Å²) >= 11 is 0. The van der Waals surface area contributed by atoms with Gasteiger partial charge in [-0.1, -0.05) is 36.4 Å². The van der Waals surface area contributed by atoms with Crippen molar-refractivity contribution in [2.75, 3.05) is 13.2 Å². The number of carbonyl (C=O) groups excluding carboxylic acids is 2. The minimum absolute atomic E-state index is 0.0884. The van der Waals surface area contributed by atoms with Crippen molar-refractivity contribution in [3.8, 4) is 11.8 Å². The van der Waals surface area contributed by atoms with E-state index in [4.69, 9.17) is 10.00 Å². The third-order valence-electron chi connectivity index (χ3n) is 7.13. The molecule has 194 valence electrons. The van der Waals surface area contributed by atoms with Gasteiger partial charge in [0, 0.05) is 37.8 Å². The van der Waals surface area contributed by atoms with Crippen LogP contribution in [0.15, 0.2) is 60.7 Å². The Balaban J connectivity index is 1.27. The number of fused-ring (bicyclic) bond motifs is 2. The molecule has 0 bridgehead atoms. The molecular formula is C30H30N4O4. The minimum atomic E-state index is -0.762. The first-order valence-electron chi connectivity index (χ1n) is 12.8. The topological polar surface area (TPSA) is 115 Å². The van der Waals surface area contributed by atoms with Gasteiger partial charge in [0.05, 0.1) is 29.9 Å². The molecule has 3 N–H and O–H groups in total. The Labute approximate surface area is 221 Å². The van der Waals surface area contributed by atoms with E-state index in [-0.39, 0.29) is 24.4 Å². The van der Waals surface area contributed by atoms with Crippen LogP contribution < -0.4 is 15.4 Å². The van der Waals surface area contributed by atoms with Gasteiger partial charge in [0.15, 0.2) is 0 Å². The molecule has 0 saturated heterocycles. The maximum atomic E-state index is 13.2. The number of ether oxygens (including phenoxy) is 1. The Morgan fingerprint density at radius 1 is 1.18 bits per heavy atom. The molecule has 0 aromatic heterocycles. The summed E-state index contributed by atoms with van der Waals surface area (Å²) in [4.78, 5) is 28.0. The Morgan fingerprint density at radius 3 is 2.68 bits per heavy atom. The standard InChI is InChI=1S/C30H30N4O4/c1-2-38-28-13-24-23(18-34(30(24)37)17-20-9-7-19(14-31)8-10-20)11-25(28)29(36)33-16-27(35)26-12-21-5-3-4-6-22(21)15-32-26/h3-11,13,26-27,32,35H,2,12,15-18H2,1H3,(H,33,36). The van der Waals surface area contributed by atoms with Gasteiger partial charge in [-0.3, -0.25) is 9.59 Å². The Bertz CT molecular complexity index is 1400. The van der Waals surface area contributed by atoms with Crippen LogP contribution in [0, 0.1) is 11.3 Å². The van der Waals surface area contributed by atoms with Gasteiger partial charge in [-0.2, -0.15) is 5.26 Å². The van der Waals surface area contributed by atoms with Crippen molar-refractivity contribution in [2.24, 2.45) is 0 Å². The van der Waals surface area contributed by atoms with Crippen LogP contribution >= 0.6 is 0 Å². The smallest absolute Gasteiger partial charge is 0.255 e. The summed E-state index contributed by atoms with van der Waals surface area (Å²) in [5, 5.41) is 26.0. The lowest BCUT2D eigenvalue weighted by Gasteiger charge is -2.30. The molecule has 38 heavy (non-hydrogen) atoms. The van der Waals surface area contributed by atoms with Crippen LogP contribution in [0.4, 0.5) is 0 Å². The molecule has 0 fully saturated rings. The van der Waals surface area contributed by atoms with Crippen LogP contribution in [0.5, 0.6) is 5.75 Å². The van der Waals surface area contributed by atoms with Crippen molar-refractivity contribution in [1.82, 2.24) is 15.5 Å². The zero-order valence-corrected chi connectivity index (χ0v) is 21.2. The quantitative estimate of drug-likeness (QED) is 0.429. The normalized spacial score (nSPS) is 16.8. The van der Waals surface area contributed by atoms with Crippen molar-refractivity contribution in [1.29, 1.82) is 5.26 Å². The van der Waals surface area contributed by atoms with Crippen LogP contribution in [-0.4, -0.2) is 47.1 Å². The number of nitrogens with one attached hydrogen (secondary N) is 2. The lowest BCUT2D eigenvalue weighted by Crippen LogP contribution is -2.49. The monoisotopic (exact) mass is 510 g/mol. The van der Waals surface area contributed by atoms with Crippen molar-refractivity contribution >= 4 is 11.8 Å². The second kappa shape index (κ2) is 11.1. The van der Waals surface area contributed by atoms with Crippen LogP contribution in [-0.2, 0) is 26.1 Å². The highest BCUT2D eigenvalue weighted by Gasteiger charge is 2.31. The second-order valence-electron chi connectivity index (χ2n) is 9.65. The molecule has 2 atom stereocenters. The second-order valence-corrected chi connectivity index (χ2v) is 9.65. The largest absolute Gasteiger partial charge is 0.493 e. The molecule has 5 rings (SSSR count). The molecule has 3 aromatic rings. The first-order chi connectivity index (χ1) is 18.5. The summed E-state index contributed by atoms with van der Waals surface area (Å²) in [6.07, 6.45) is -0.0743. The molecule has 8 nitrogen and oxygen atoms in total. The van der Waals surface area contributed by atoms with Crippen LogP contribution in [0.25, 0.3) is 0 Å². The first-order valence-corrected chi connectivity index (χ1v) is 12.8. The summed E-state index contributed by atoms with van der Waals surface area (Å²) in [5.74, 6) is -0.141. The number of nitriles is 1. The SMILES string of the molecule is CCOc1cc2c(cc1C(=O)NCC(O)C1Cc3ccccc3CN1)CN(Cc1ccc(C#N)cc1)C2=O. The first kappa shape index (κ1) is 25.5. The summed E-state index contributed by atoms with van der Waals surface area (Å²) in [6.45, 7) is 3.70. The molecule has 3 aromatic carbocycles. The van der Waals surface area contributed by atoms with Crippen molar-refractivity contribution in [2.45, 2.75) is 45.1 Å². The Hall–Kier alpha value is -4.19. The summed E-state index contributed by atoms with van der Waals surface area (Å²) < 4.78 is 5.74. The molecule has 0 radical (unpaired) electrons. The van der Waals surface area contributed by atoms with E-state index in [1.54, 1.807) is 29.2 Å². The fraction of sp³-hybridized carbons (Fsp3) is 0.300. The average molecular weight is 511 g/mol. The highest BCUT2D eigenvalue weighted by Crippen LogP contribution is 2.31. The molecule has 2 heterocycles. The van der Waals surface area contributed by atoms with Gasteiger partial charge in [-0.25, -0.2) is 0 Å². The summed E-state index contributed by atoms with van der Waals surface area (Å²) in [7, 11) is 0. The van der Waals surface area contributed by atoms with Crippen molar-refractivity contribution in [3.63, 3.8) is 0 Å². The molecule has 2 aliphatic rings. The number of amides is 2. The molecule has 0 aliphatic carbocycles. The number of aliphatic hydroxyl groups excluding tert-OH is 1. The summed E-state index contributed by atoms with van der Waals surface area (Å²) in [6, 6.07) is 20.6. The Morgan fingerprint density at radius 2 is 1.95 bits per heavy atom. The third-order valence-corrected chi connectivity index (χ3v) is 7.13. The fourth-order valence-electron chi connectivity index (χ4n) is 5.07. The lowest BCUT2D eigenvalue weighted by atomic mass is 9.93. The van der Waals surface area contributed by atoms with E-state index in [1.165, 1.54) is 11.1 Å².